The van der Waals surface area contributed by atoms with Gasteiger partial charge in [0.25, 0.3) is 21.8 Å². The molecule has 0 radical (unpaired) electrons. The number of carbonyl (C=O) groups is 4. The molecule has 0 fully saturated rings. The van der Waals surface area contributed by atoms with Crippen LogP contribution in [0, 0.1) is 6.92 Å². The molecule has 3 amide bonds. The molecule has 1 aromatic heterocycles. The van der Waals surface area contributed by atoms with Gasteiger partial charge in [0.05, 0.1) is 22.6 Å². The Morgan fingerprint density at radius 1 is 0.872 bits per heavy atom. The summed E-state index contributed by atoms with van der Waals surface area (Å²) >= 11 is 0. The van der Waals surface area contributed by atoms with Gasteiger partial charge < -0.3 is 15.4 Å². The van der Waals surface area contributed by atoms with Gasteiger partial charge >= 0.3 is 5.97 Å². The van der Waals surface area contributed by atoms with Crippen LogP contribution in [-0.2, 0) is 26.0 Å². The number of esters is 1. The first-order valence-electron chi connectivity index (χ1n) is 11.9. The highest BCUT2D eigenvalue weighted by atomic mass is 32.2. The summed E-state index contributed by atoms with van der Waals surface area (Å²) in [7, 11) is -4.15. The van der Waals surface area contributed by atoms with Gasteiger partial charge in [-0.25, -0.2) is 17.9 Å². The van der Waals surface area contributed by atoms with Crippen molar-refractivity contribution in [1.82, 2.24) is 20.3 Å². The normalized spacial score (nSPS) is 10.8. The Morgan fingerprint density at radius 2 is 1.59 bits per heavy atom. The summed E-state index contributed by atoms with van der Waals surface area (Å²) in [5.41, 5.74) is 1.97. The number of aromatic nitrogens is 1. The highest BCUT2D eigenvalue weighted by Gasteiger charge is 2.19. The van der Waals surface area contributed by atoms with Gasteiger partial charge in [0, 0.05) is 19.7 Å². The lowest BCUT2D eigenvalue weighted by atomic mass is 10.1. The number of benzene rings is 2. The van der Waals surface area contributed by atoms with Crippen LogP contribution in [0.15, 0.2) is 71.8 Å². The molecule has 11 nitrogen and oxygen atoms in total. The van der Waals surface area contributed by atoms with Crippen molar-refractivity contribution in [3.63, 3.8) is 0 Å². The van der Waals surface area contributed by atoms with E-state index in [9.17, 15) is 27.6 Å². The van der Waals surface area contributed by atoms with Crippen LogP contribution in [0.3, 0.4) is 0 Å². The van der Waals surface area contributed by atoms with E-state index in [0.29, 0.717) is 18.5 Å². The Labute approximate surface area is 226 Å². The monoisotopic (exact) mass is 552 g/mol. The van der Waals surface area contributed by atoms with E-state index >= 15 is 0 Å². The number of rotatable bonds is 11. The quantitative estimate of drug-likeness (QED) is 0.240. The zero-order valence-corrected chi connectivity index (χ0v) is 22.2. The zero-order chi connectivity index (χ0) is 28.4. The third-order valence-corrected chi connectivity index (χ3v) is 6.84. The lowest BCUT2D eigenvalue weighted by Crippen LogP contribution is -2.31. The van der Waals surface area contributed by atoms with Crippen molar-refractivity contribution in [2.24, 2.45) is 0 Å². The van der Waals surface area contributed by atoms with E-state index in [0.717, 1.165) is 17.3 Å². The molecule has 3 rings (SSSR count). The summed E-state index contributed by atoms with van der Waals surface area (Å²) in [5.74, 6) is -2.12. The van der Waals surface area contributed by atoms with Gasteiger partial charge in [-0.2, -0.15) is 0 Å². The van der Waals surface area contributed by atoms with Crippen LogP contribution in [0.1, 0.15) is 49.3 Å². The Bertz CT molecular complexity index is 1450. The first kappa shape index (κ1) is 29.0. The van der Waals surface area contributed by atoms with Gasteiger partial charge in [-0.05, 0) is 54.8 Å². The fourth-order valence-corrected chi connectivity index (χ4v) is 4.37. The molecule has 0 spiro atoms. The molecule has 0 saturated carbocycles. The van der Waals surface area contributed by atoms with Gasteiger partial charge in [-0.3, -0.25) is 19.4 Å². The standard InChI is InChI=1S/C27H28N4O7S/c1-18-5-3-4-6-23(18)27(35)38-16-15-29-26(34)24-12-9-21(17-30-24)25(33)31-39(36,37)22-10-7-20(8-11-22)13-14-28-19(2)32/h3-12,17H,13-16H2,1-2H3,(H,28,32)(H,29,34)(H,31,33). The summed E-state index contributed by atoms with van der Waals surface area (Å²) < 4.78 is 32.3. The number of pyridine rings is 1. The maximum absolute atomic E-state index is 12.6. The van der Waals surface area contributed by atoms with Gasteiger partial charge in [0.15, 0.2) is 0 Å². The minimum Gasteiger partial charge on any atom is -0.460 e. The Balaban J connectivity index is 1.49. The molecule has 3 aromatic rings. The van der Waals surface area contributed by atoms with E-state index in [2.05, 4.69) is 15.6 Å². The van der Waals surface area contributed by atoms with Crippen LogP contribution in [0.5, 0.6) is 0 Å². The maximum Gasteiger partial charge on any atom is 0.338 e. The van der Waals surface area contributed by atoms with Crippen molar-refractivity contribution in [2.75, 3.05) is 19.7 Å². The highest BCUT2D eigenvalue weighted by molar-refractivity contribution is 7.90. The Hall–Kier alpha value is -4.58. The van der Waals surface area contributed by atoms with Gasteiger partial charge in [0.2, 0.25) is 5.91 Å². The van der Waals surface area contributed by atoms with Crippen LogP contribution in [0.25, 0.3) is 0 Å². The molecular weight excluding hydrogens is 524 g/mol. The van der Waals surface area contributed by atoms with Crippen molar-refractivity contribution in [3.05, 3.63) is 94.8 Å². The van der Waals surface area contributed by atoms with Crippen molar-refractivity contribution in [1.29, 1.82) is 0 Å². The molecule has 0 bridgehead atoms. The van der Waals surface area contributed by atoms with Gasteiger partial charge in [-0.1, -0.05) is 30.3 Å². The van der Waals surface area contributed by atoms with Crippen molar-refractivity contribution in [3.8, 4) is 0 Å². The largest absolute Gasteiger partial charge is 0.460 e. The van der Waals surface area contributed by atoms with E-state index in [-0.39, 0.29) is 35.2 Å². The molecule has 0 unspecified atom stereocenters. The molecule has 39 heavy (non-hydrogen) atoms. The number of carbonyl (C=O) groups excluding carboxylic acids is 4. The molecule has 0 aliphatic heterocycles. The van der Waals surface area contributed by atoms with Gasteiger partial charge in [-0.15, -0.1) is 0 Å². The van der Waals surface area contributed by atoms with E-state index in [1.165, 1.54) is 31.2 Å². The number of nitrogens with zero attached hydrogens (tertiary/aromatic N) is 1. The maximum atomic E-state index is 12.6. The van der Waals surface area contributed by atoms with Crippen molar-refractivity contribution < 1.29 is 32.3 Å². The highest BCUT2D eigenvalue weighted by Crippen LogP contribution is 2.12. The number of hydrogen-bond donors (Lipinski definition) is 3. The molecule has 0 atom stereocenters. The summed E-state index contributed by atoms with van der Waals surface area (Å²) in [5, 5.41) is 5.21. The molecule has 12 heteroatoms. The second kappa shape index (κ2) is 13.3. The molecule has 204 valence electrons. The zero-order valence-electron chi connectivity index (χ0n) is 21.4. The molecule has 1 heterocycles. The molecule has 0 saturated heterocycles. The Morgan fingerprint density at radius 3 is 2.23 bits per heavy atom. The summed E-state index contributed by atoms with van der Waals surface area (Å²) in [6, 6.07) is 15.5. The number of nitrogens with one attached hydrogen (secondary N) is 3. The number of ether oxygens (including phenoxy) is 1. The second-order valence-corrected chi connectivity index (χ2v) is 10.1. The first-order valence-corrected chi connectivity index (χ1v) is 13.4. The third kappa shape index (κ3) is 8.47. The summed E-state index contributed by atoms with van der Waals surface area (Å²) in [6.07, 6.45) is 1.61. The second-order valence-electron chi connectivity index (χ2n) is 8.45. The lowest BCUT2D eigenvalue weighted by molar-refractivity contribution is -0.118. The number of aryl methyl sites for hydroxylation is 1. The van der Waals surface area contributed by atoms with Crippen molar-refractivity contribution >= 4 is 33.7 Å². The number of amides is 3. The predicted octanol–water partition coefficient (Wildman–Crippen LogP) is 1.77. The van der Waals surface area contributed by atoms with E-state index < -0.39 is 27.8 Å². The average molecular weight is 553 g/mol. The van der Waals surface area contributed by atoms with Crippen LogP contribution < -0.4 is 15.4 Å². The molecule has 3 N–H and O–H groups in total. The van der Waals surface area contributed by atoms with Gasteiger partial charge in [0.1, 0.15) is 12.3 Å². The third-order valence-electron chi connectivity index (χ3n) is 5.49. The predicted molar refractivity (Wildman–Crippen MR) is 142 cm³/mol. The average Bonchev–Trinajstić information content (AvgIpc) is 2.91. The SMILES string of the molecule is CC(=O)NCCc1ccc(S(=O)(=O)NC(=O)c2ccc(C(=O)NCCOC(=O)c3ccccc3C)nc2)cc1. The Kier molecular flexibility index (Phi) is 9.87. The van der Waals surface area contributed by atoms with Crippen LogP contribution in [-0.4, -0.2) is 56.8 Å². The molecular formula is C27H28N4O7S. The lowest BCUT2D eigenvalue weighted by Gasteiger charge is -2.09. The summed E-state index contributed by atoms with van der Waals surface area (Å²) in [4.78, 5) is 51.7. The van der Waals surface area contributed by atoms with Crippen LogP contribution >= 0.6 is 0 Å². The minimum absolute atomic E-state index is 0.00510. The van der Waals surface area contributed by atoms with E-state index in [4.69, 9.17) is 4.74 Å². The number of sulfonamides is 1. The molecule has 0 aliphatic carbocycles. The fourth-order valence-electron chi connectivity index (χ4n) is 3.40. The topological polar surface area (TPSA) is 161 Å². The summed E-state index contributed by atoms with van der Waals surface area (Å²) in [6.45, 7) is 3.62. The minimum atomic E-state index is -4.15. The van der Waals surface area contributed by atoms with Crippen molar-refractivity contribution in [2.45, 2.75) is 25.2 Å². The van der Waals surface area contributed by atoms with Crippen LogP contribution in [0.2, 0.25) is 0 Å². The van der Waals surface area contributed by atoms with Crippen LogP contribution in [0.4, 0.5) is 0 Å². The number of hydrogen-bond acceptors (Lipinski definition) is 8. The molecule has 0 aliphatic rings. The van der Waals surface area contributed by atoms with E-state index in [1.807, 2.05) is 10.8 Å². The smallest absolute Gasteiger partial charge is 0.338 e. The molecule has 2 aromatic carbocycles. The van der Waals surface area contributed by atoms with E-state index in [1.54, 1.807) is 37.3 Å². The fraction of sp³-hybridized carbons (Fsp3) is 0.222. The first-order chi connectivity index (χ1) is 18.6.